The molecule has 0 saturated carbocycles. The molecule has 0 aromatic heterocycles. The van der Waals surface area contributed by atoms with Gasteiger partial charge in [-0.2, -0.15) is 0 Å². The van der Waals surface area contributed by atoms with Crippen molar-refractivity contribution in [3.63, 3.8) is 0 Å². The number of ether oxygens (including phenoxy) is 2. The number of hydrogen-bond donors (Lipinski definition) is 2. The first-order chi connectivity index (χ1) is 11.5. The number of nitrogens with one attached hydrogen (secondary N) is 2. The molecule has 5 nitrogen and oxygen atoms in total. The van der Waals surface area contributed by atoms with Crippen molar-refractivity contribution in [1.82, 2.24) is 5.32 Å². The van der Waals surface area contributed by atoms with Gasteiger partial charge in [0.15, 0.2) is 18.0 Å². The molecule has 0 spiro atoms. The average molecular weight is 335 g/mol. The van der Waals surface area contributed by atoms with Gasteiger partial charge in [0, 0.05) is 18.5 Å². The van der Waals surface area contributed by atoms with E-state index in [1.165, 1.54) is 16.0 Å². The average Bonchev–Trinajstić information content (AvgIpc) is 2.54. The minimum Gasteiger partial charge on any atom is -0.490 e. The molecule has 1 atom stereocenters. The second-order valence-electron chi connectivity index (χ2n) is 6.74. The maximum absolute atomic E-state index is 12.1. The lowest BCUT2D eigenvalue weighted by Gasteiger charge is -2.26. The van der Waals surface area contributed by atoms with Gasteiger partial charge in [-0.3, -0.25) is 4.79 Å². The minimum atomic E-state index is 0.137. The van der Waals surface area contributed by atoms with Crippen molar-refractivity contribution in [2.45, 2.75) is 40.7 Å². The van der Waals surface area contributed by atoms with E-state index in [4.69, 9.17) is 9.47 Å². The van der Waals surface area contributed by atoms with Crippen molar-refractivity contribution in [1.29, 1.82) is 0 Å². The summed E-state index contributed by atoms with van der Waals surface area (Å²) in [6, 6.07) is 4.20. The molecule has 1 unspecified atom stereocenters. The van der Waals surface area contributed by atoms with Crippen molar-refractivity contribution in [2.24, 2.45) is 5.92 Å². The normalized spacial score (nSPS) is 16.6. The Morgan fingerprint density at radius 2 is 1.79 bits per heavy atom. The highest BCUT2D eigenvalue weighted by molar-refractivity contribution is 5.76. The highest BCUT2D eigenvalue weighted by Gasteiger charge is 2.24. The molecule has 1 heterocycles. The number of benzene rings is 1. The van der Waals surface area contributed by atoms with Crippen molar-refractivity contribution in [3.8, 4) is 11.5 Å². The highest BCUT2D eigenvalue weighted by Crippen LogP contribution is 2.32. The van der Waals surface area contributed by atoms with E-state index < -0.39 is 0 Å². The largest absolute Gasteiger partial charge is 0.490 e. The second kappa shape index (κ2) is 8.92. The molecular formula is C19H31N2O3+. The van der Waals surface area contributed by atoms with E-state index in [-0.39, 0.29) is 5.91 Å². The van der Waals surface area contributed by atoms with Crippen LogP contribution in [0.25, 0.3) is 0 Å². The Bertz CT molecular complexity index is 558. The van der Waals surface area contributed by atoms with Gasteiger partial charge < -0.3 is 19.7 Å². The number of quaternary nitrogens is 1. The summed E-state index contributed by atoms with van der Waals surface area (Å²) >= 11 is 0. The third kappa shape index (κ3) is 5.13. The van der Waals surface area contributed by atoms with Crippen LogP contribution in [0.2, 0.25) is 0 Å². The quantitative estimate of drug-likeness (QED) is 0.750. The van der Waals surface area contributed by atoms with Crippen LogP contribution < -0.4 is 19.7 Å². The molecule has 0 radical (unpaired) electrons. The number of carbonyl (C=O) groups is 1. The molecule has 0 saturated heterocycles. The maximum atomic E-state index is 12.1. The summed E-state index contributed by atoms with van der Waals surface area (Å²) in [6.07, 6.45) is 0.967. The molecule has 0 fully saturated rings. The lowest BCUT2D eigenvalue weighted by molar-refractivity contribution is -0.908. The summed E-state index contributed by atoms with van der Waals surface area (Å²) in [5.74, 6) is 2.26. The zero-order valence-corrected chi connectivity index (χ0v) is 15.4. The highest BCUT2D eigenvalue weighted by atomic mass is 16.5. The fraction of sp³-hybridized carbons (Fsp3) is 0.632. The zero-order chi connectivity index (χ0) is 17.5. The monoisotopic (exact) mass is 335 g/mol. The molecule has 24 heavy (non-hydrogen) atoms. The van der Waals surface area contributed by atoms with E-state index >= 15 is 0 Å². The van der Waals surface area contributed by atoms with Crippen molar-refractivity contribution in [3.05, 3.63) is 23.3 Å². The molecule has 134 valence electrons. The minimum absolute atomic E-state index is 0.137. The van der Waals surface area contributed by atoms with Crippen molar-refractivity contribution >= 4 is 5.91 Å². The Morgan fingerprint density at radius 3 is 2.38 bits per heavy atom. The Labute approximate surface area is 145 Å². The van der Waals surface area contributed by atoms with Crippen LogP contribution in [0.3, 0.4) is 0 Å². The number of fused-ring (bicyclic) bond motifs is 1. The lowest BCUT2D eigenvalue weighted by atomic mass is 9.98. The van der Waals surface area contributed by atoms with Gasteiger partial charge in [-0.05, 0) is 37.5 Å². The van der Waals surface area contributed by atoms with E-state index in [9.17, 15) is 4.79 Å². The first-order valence-corrected chi connectivity index (χ1v) is 9.05. The van der Waals surface area contributed by atoms with E-state index in [1.54, 1.807) is 0 Å². The number of hydrogen-bond acceptors (Lipinski definition) is 3. The molecule has 0 bridgehead atoms. The van der Waals surface area contributed by atoms with Crippen LogP contribution >= 0.6 is 0 Å². The van der Waals surface area contributed by atoms with Crippen LogP contribution in [0.1, 0.15) is 38.8 Å². The van der Waals surface area contributed by atoms with Gasteiger partial charge in [0.1, 0.15) is 6.54 Å². The Hall–Kier alpha value is -1.75. The second-order valence-corrected chi connectivity index (χ2v) is 6.74. The van der Waals surface area contributed by atoms with Crippen LogP contribution in [-0.4, -0.2) is 38.8 Å². The molecule has 1 aliphatic heterocycles. The molecule has 0 aliphatic carbocycles. The topological polar surface area (TPSA) is 52.0 Å². The van der Waals surface area contributed by atoms with Gasteiger partial charge in [0.25, 0.3) is 5.91 Å². The molecular weight excluding hydrogens is 304 g/mol. The van der Waals surface area contributed by atoms with E-state index in [1.807, 2.05) is 13.8 Å². The molecule has 1 aromatic rings. The summed E-state index contributed by atoms with van der Waals surface area (Å²) in [5.41, 5.74) is 2.58. The summed E-state index contributed by atoms with van der Waals surface area (Å²) in [6.45, 7) is 12.5. The van der Waals surface area contributed by atoms with Crippen LogP contribution in [-0.2, 0) is 17.8 Å². The molecule has 2 rings (SSSR count). The van der Waals surface area contributed by atoms with Gasteiger partial charge in [0.05, 0.1) is 19.8 Å². The van der Waals surface area contributed by atoms with Crippen molar-refractivity contribution in [2.75, 3.05) is 32.8 Å². The Morgan fingerprint density at radius 1 is 1.17 bits per heavy atom. The maximum Gasteiger partial charge on any atom is 0.275 e. The molecule has 1 aliphatic rings. The smallest absolute Gasteiger partial charge is 0.275 e. The fourth-order valence-electron chi connectivity index (χ4n) is 3.01. The van der Waals surface area contributed by atoms with Gasteiger partial charge in [-0.1, -0.05) is 13.8 Å². The third-order valence-electron chi connectivity index (χ3n) is 4.17. The predicted molar refractivity (Wildman–Crippen MR) is 94.7 cm³/mol. The number of rotatable bonds is 8. The van der Waals surface area contributed by atoms with E-state index in [0.717, 1.165) is 37.6 Å². The van der Waals surface area contributed by atoms with Gasteiger partial charge in [-0.15, -0.1) is 0 Å². The first kappa shape index (κ1) is 18.6. The summed E-state index contributed by atoms with van der Waals surface area (Å²) < 4.78 is 11.4. The third-order valence-corrected chi connectivity index (χ3v) is 4.17. The van der Waals surface area contributed by atoms with Gasteiger partial charge >= 0.3 is 0 Å². The number of amides is 1. The SMILES string of the molecule is CCOc1cc2c(cc1OCC)C[NH+](CC(=O)NCC(C)C)CC2. The zero-order valence-electron chi connectivity index (χ0n) is 15.4. The molecule has 5 heteroatoms. The van der Waals surface area contributed by atoms with Crippen LogP contribution in [0.15, 0.2) is 12.1 Å². The molecule has 1 aromatic carbocycles. The Kier molecular flexibility index (Phi) is 6.91. The standard InChI is InChI=1S/C19H30N2O3/c1-5-23-17-9-15-7-8-21(13-19(22)20-11-14(3)4)12-16(15)10-18(17)24-6-2/h9-10,14H,5-8,11-13H2,1-4H3,(H,20,22)/p+1. The summed E-state index contributed by atoms with van der Waals surface area (Å²) in [4.78, 5) is 13.4. The summed E-state index contributed by atoms with van der Waals surface area (Å²) in [5, 5.41) is 3.01. The summed E-state index contributed by atoms with van der Waals surface area (Å²) in [7, 11) is 0. The van der Waals surface area contributed by atoms with Crippen LogP contribution in [0, 0.1) is 5.92 Å². The van der Waals surface area contributed by atoms with E-state index in [0.29, 0.717) is 25.7 Å². The van der Waals surface area contributed by atoms with Crippen LogP contribution in [0.5, 0.6) is 11.5 Å². The van der Waals surface area contributed by atoms with Crippen LogP contribution in [0.4, 0.5) is 0 Å². The molecule has 1 amide bonds. The Balaban J connectivity index is 2.03. The lowest BCUT2D eigenvalue weighted by Crippen LogP contribution is -3.12. The number of carbonyl (C=O) groups excluding carboxylic acids is 1. The van der Waals surface area contributed by atoms with E-state index in [2.05, 4.69) is 31.3 Å². The predicted octanol–water partition coefficient (Wildman–Crippen LogP) is 1.20. The van der Waals surface area contributed by atoms with Gasteiger partial charge in [-0.25, -0.2) is 0 Å². The first-order valence-electron chi connectivity index (χ1n) is 9.05. The fourth-order valence-corrected chi connectivity index (χ4v) is 3.01. The van der Waals surface area contributed by atoms with Crippen molar-refractivity contribution < 1.29 is 19.2 Å². The van der Waals surface area contributed by atoms with Gasteiger partial charge in [0.2, 0.25) is 0 Å². The molecule has 2 N–H and O–H groups in total.